The number of aryl methyl sites for hydroxylation is 2. The number of amides is 1. The standard InChI is InChI=1S/C24H23N3O/c1-5-20-7-6-8-22(15-20)25-24(28)14-13-23-18(3)26-27(19(23)4)16-21-11-9-17(2)10-12-21/h1,6-15H,16H2,2-4H3,(H,25,28)/b14-13+. The topological polar surface area (TPSA) is 46.9 Å². The van der Waals surface area contributed by atoms with E-state index in [1.807, 2.05) is 42.8 Å². The van der Waals surface area contributed by atoms with E-state index in [4.69, 9.17) is 6.42 Å². The van der Waals surface area contributed by atoms with Crippen LogP contribution in [0.15, 0.2) is 54.6 Å². The van der Waals surface area contributed by atoms with Crippen molar-refractivity contribution in [2.24, 2.45) is 0 Å². The molecule has 0 aliphatic carbocycles. The van der Waals surface area contributed by atoms with Gasteiger partial charge in [0.2, 0.25) is 5.91 Å². The molecule has 2 aromatic carbocycles. The zero-order valence-corrected chi connectivity index (χ0v) is 16.4. The first-order chi connectivity index (χ1) is 13.5. The summed E-state index contributed by atoms with van der Waals surface area (Å²) in [5.74, 6) is 2.35. The maximum Gasteiger partial charge on any atom is 0.248 e. The van der Waals surface area contributed by atoms with Crippen molar-refractivity contribution in [3.63, 3.8) is 0 Å². The maximum absolute atomic E-state index is 12.3. The quantitative estimate of drug-likeness (QED) is 0.532. The predicted molar refractivity (Wildman–Crippen MR) is 114 cm³/mol. The highest BCUT2D eigenvalue weighted by molar-refractivity contribution is 6.02. The second kappa shape index (κ2) is 8.41. The van der Waals surface area contributed by atoms with Crippen molar-refractivity contribution in [2.45, 2.75) is 27.3 Å². The lowest BCUT2D eigenvalue weighted by molar-refractivity contribution is -0.111. The number of aromatic nitrogens is 2. The largest absolute Gasteiger partial charge is 0.322 e. The molecule has 4 heteroatoms. The molecule has 0 bridgehead atoms. The van der Waals surface area contributed by atoms with E-state index in [0.717, 1.165) is 22.5 Å². The smallest absolute Gasteiger partial charge is 0.248 e. The van der Waals surface area contributed by atoms with Gasteiger partial charge in [-0.2, -0.15) is 5.10 Å². The van der Waals surface area contributed by atoms with Crippen LogP contribution in [0, 0.1) is 33.1 Å². The van der Waals surface area contributed by atoms with Crippen LogP contribution in [0.4, 0.5) is 5.69 Å². The lowest BCUT2D eigenvalue weighted by Crippen LogP contribution is -2.07. The Morgan fingerprint density at radius 1 is 1.18 bits per heavy atom. The third kappa shape index (κ3) is 4.57. The van der Waals surface area contributed by atoms with Crippen LogP contribution < -0.4 is 5.32 Å². The summed E-state index contributed by atoms with van der Waals surface area (Å²) in [5, 5.41) is 7.45. The number of nitrogens with one attached hydrogen (secondary N) is 1. The van der Waals surface area contributed by atoms with Gasteiger partial charge < -0.3 is 5.32 Å². The Morgan fingerprint density at radius 2 is 1.93 bits per heavy atom. The minimum absolute atomic E-state index is 0.209. The van der Waals surface area contributed by atoms with Crippen molar-refractivity contribution in [3.05, 3.63) is 88.2 Å². The summed E-state index contributed by atoms with van der Waals surface area (Å²) in [5.41, 5.74) is 6.70. The molecule has 28 heavy (non-hydrogen) atoms. The molecule has 3 aromatic rings. The number of terminal acetylenes is 1. The van der Waals surface area contributed by atoms with Crippen LogP contribution in [0.1, 0.15) is 33.6 Å². The first kappa shape index (κ1) is 19.2. The maximum atomic E-state index is 12.3. The predicted octanol–water partition coefficient (Wildman–Crippen LogP) is 4.49. The molecule has 0 radical (unpaired) electrons. The lowest BCUT2D eigenvalue weighted by Gasteiger charge is -2.05. The van der Waals surface area contributed by atoms with Crippen LogP contribution in [0.3, 0.4) is 0 Å². The molecule has 0 atom stereocenters. The Bertz CT molecular complexity index is 1070. The highest BCUT2D eigenvalue weighted by atomic mass is 16.1. The fourth-order valence-electron chi connectivity index (χ4n) is 3.00. The molecular weight excluding hydrogens is 346 g/mol. The normalized spacial score (nSPS) is 10.8. The van der Waals surface area contributed by atoms with E-state index in [-0.39, 0.29) is 5.91 Å². The minimum atomic E-state index is -0.209. The molecule has 140 valence electrons. The summed E-state index contributed by atoms with van der Waals surface area (Å²) in [4.78, 5) is 12.3. The van der Waals surface area contributed by atoms with E-state index in [1.54, 1.807) is 6.07 Å². The van der Waals surface area contributed by atoms with Crippen molar-refractivity contribution in [2.75, 3.05) is 5.32 Å². The van der Waals surface area contributed by atoms with E-state index >= 15 is 0 Å². The molecule has 0 saturated carbocycles. The summed E-state index contributed by atoms with van der Waals surface area (Å²) >= 11 is 0. The van der Waals surface area contributed by atoms with Gasteiger partial charge in [-0.1, -0.05) is 41.8 Å². The van der Waals surface area contributed by atoms with Crippen LogP contribution in [-0.2, 0) is 11.3 Å². The first-order valence-electron chi connectivity index (χ1n) is 9.11. The van der Waals surface area contributed by atoms with Crippen LogP contribution in [0.5, 0.6) is 0 Å². The van der Waals surface area contributed by atoms with Gasteiger partial charge in [-0.05, 0) is 50.6 Å². The SMILES string of the molecule is C#Cc1cccc(NC(=O)/C=C/c2c(C)nn(Cc3ccc(C)cc3)c2C)c1. The first-order valence-corrected chi connectivity index (χ1v) is 9.11. The fraction of sp³-hybridized carbons (Fsp3) is 0.167. The summed E-state index contributed by atoms with van der Waals surface area (Å²) in [6.07, 6.45) is 8.73. The number of nitrogens with zero attached hydrogens (tertiary/aromatic N) is 2. The lowest BCUT2D eigenvalue weighted by atomic mass is 10.1. The van der Waals surface area contributed by atoms with Crippen LogP contribution >= 0.6 is 0 Å². The third-order valence-electron chi connectivity index (χ3n) is 4.59. The van der Waals surface area contributed by atoms with Crippen molar-refractivity contribution in [1.82, 2.24) is 9.78 Å². The van der Waals surface area contributed by atoms with Gasteiger partial charge in [0.1, 0.15) is 0 Å². The minimum Gasteiger partial charge on any atom is -0.322 e. The van der Waals surface area contributed by atoms with Gasteiger partial charge >= 0.3 is 0 Å². The average molecular weight is 369 g/mol. The number of carbonyl (C=O) groups is 1. The van der Waals surface area contributed by atoms with E-state index < -0.39 is 0 Å². The Balaban J connectivity index is 1.73. The third-order valence-corrected chi connectivity index (χ3v) is 4.59. The molecule has 1 amide bonds. The molecule has 4 nitrogen and oxygen atoms in total. The zero-order valence-electron chi connectivity index (χ0n) is 16.4. The summed E-state index contributed by atoms with van der Waals surface area (Å²) in [6.45, 7) is 6.74. The number of anilines is 1. The molecule has 1 N–H and O–H groups in total. The fourth-order valence-corrected chi connectivity index (χ4v) is 3.00. The molecule has 0 saturated heterocycles. The molecule has 1 heterocycles. The molecule has 0 spiro atoms. The van der Waals surface area contributed by atoms with E-state index in [2.05, 4.69) is 47.5 Å². The molecule has 0 fully saturated rings. The molecule has 0 aliphatic rings. The Kier molecular flexibility index (Phi) is 5.76. The summed E-state index contributed by atoms with van der Waals surface area (Å²) in [6, 6.07) is 15.6. The van der Waals surface area contributed by atoms with Gasteiger partial charge in [0, 0.05) is 28.6 Å². The number of benzene rings is 2. The molecule has 0 aliphatic heterocycles. The molecule has 3 rings (SSSR count). The number of rotatable bonds is 5. The zero-order chi connectivity index (χ0) is 20.1. The van der Waals surface area contributed by atoms with Crippen LogP contribution in [-0.4, -0.2) is 15.7 Å². The molecule has 1 aromatic heterocycles. The highest BCUT2D eigenvalue weighted by Crippen LogP contribution is 2.17. The molecular formula is C24H23N3O. The van der Waals surface area contributed by atoms with Gasteiger partial charge in [0.05, 0.1) is 12.2 Å². The highest BCUT2D eigenvalue weighted by Gasteiger charge is 2.10. The number of hydrogen-bond acceptors (Lipinski definition) is 2. The van der Waals surface area contributed by atoms with Gasteiger partial charge in [0.15, 0.2) is 0 Å². The summed E-state index contributed by atoms with van der Waals surface area (Å²) in [7, 11) is 0. The van der Waals surface area contributed by atoms with Gasteiger partial charge in [-0.3, -0.25) is 9.48 Å². The van der Waals surface area contributed by atoms with Crippen molar-refractivity contribution < 1.29 is 4.79 Å². The van der Waals surface area contributed by atoms with Crippen molar-refractivity contribution in [3.8, 4) is 12.3 Å². The van der Waals surface area contributed by atoms with Crippen LogP contribution in [0.25, 0.3) is 6.08 Å². The Labute approximate surface area is 165 Å². The monoisotopic (exact) mass is 369 g/mol. The van der Waals surface area contributed by atoms with Gasteiger partial charge in [0.25, 0.3) is 0 Å². The summed E-state index contributed by atoms with van der Waals surface area (Å²) < 4.78 is 1.97. The Hall–Kier alpha value is -3.58. The second-order valence-electron chi connectivity index (χ2n) is 6.78. The Morgan fingerprint density at radius 3 is 2.64 bits per heavy atom. The van der Waals surface area contributed by atoms with E-state index in [0.29, 0.717) is 12.2 Å². The van der Waals surface area contributed by atoms with E-state index in [1.165, 1.54) is 17.2 Å². The average Bonchev–Trinajstić information content (AvgIpc) is 2.95. The number of hydrogen-bond donors (Lipinski definition) is 1. The van der Waals surface area contributed by atoms with Gasteiger partial charge in [-0.25, -0.2) is 0 Å². The van der Waals surface area contributed by atoms with Crippen LogP contribution in [0.2, 0.25) is 0 Å². The van der Waals surface area contributed by atoms with Gasteiger partial charge in [-0.15, -0.1) is 6.42 Å². The number of carbonyl (C=O) groups excluding carboxylic acids is 1. The van der Waals surface area contributed by atoms with Crippen molar-refractivity contribution in [1.29, 1.82) is 0 Å². The van der Waals surface area contributed by atoms with E-state index in [9.17, 15) is 4.79 Å². The van der Waals surface area contributed by atoms with Crippen molar-refractivity contribution >= 4 is 17.7 Å². The molecule has 0 unspecified atom stereocenters. The second-order valence-corrected chi connectivity index (χ2v) is 6.78.